The maximum absolute atomic E-state index is 5.52. The number of ether oxygens (including phenoxy) is 1. The summed E-state index contributed by atoms with van der Waals surface area (Å²) in [5.74, 6) is 0.655. The minimum absolute atomic E-state index is 0.209. The quantitative estimate of drug-likeness (QED) is 0.801. The molecule has 100 valence electrons. The van der Waals surface area contributed by atoms with Crippen LogP contribution in [0.4, 0.5) is 5.69 Å². The molecule has 0 spiro atoms. The van der Waals surface area contributed by atoms with Crippen molar-refractivity contribution in [1.82, 2.24) is 4.98 Å². The van der Waals surface area contributed by atoms with Gasteiger partial charge in [0.25, 0.3) is 0 Å². The summed E-state index contributed by atoms with van der Waals surface area (Å²) in [4.78, 5) is 4.24. The Morgan fingerprint density at radius 3 is 2.68 bits per heavy atom. The monoisotopic (exact) mass is 368 g/mol. The third-order valence-corrected chi connectivity index (χ3v) is 3.51. The molecule has 1 atom stereocenters. The van der Waals surface area contributed by atoms with Crippen molar-refractivity contribution >= 4 is 28.3 Å². The number of pyridine rings is 1. The van der Waals surface area contributed by atoms with Crippen molar-refractivity contribution < 1.29 is 4.74 Å². The zero-order valence-corrected chi connectivity index (χ0v) is 13.2. The zero-order valence-electron chi connectivity index (χ0n) is 11.1. The van der Waals surface area contributed by atoms with Crippen LogP contribution in [-0.2, 0) is 0 Å². The molecule has 1 heterocycles. The Hall–Kier alpha value is -1.30. The van der Waals surface area contributed by atoms with Crippen molar-refractivity contribution in [3.8, 4) is 5.88 Å². The second-order valence-corrected chi connectivity index (χ2v) is 5.45. The minimum atomic E-state index is 0.209. The van der Waals surface area contributed by atoms with E-state index in [2.05, 4.69) is 64.1 Å². The van der Waals surface area contributed by atoms with Gasteiger partial charge in [-0.3, -0.25) is 0 Å². The fraction of sp³-hybridized carbons (Fsp3) is 0.267. The lowest BCUT2D eigenvalue weighted by Gasteiger charge is -2.17. The second kappa shape index (κ2) is 6.75. The highest BCUT2D eigenvalue weighted by molar-refractivity contribution is 14.1. The van der Waals surface area contributed by atoms with Crippen LogP contribution < -0.4 is 10.1 Å². The number of nitrogens with one attached hydrogen (secondary N) is 1. The highest BCUT2D eigenvalue weighted by Gasteiger charge is 2.09. The van der Waals surface area contributed by atoms with E-state index in [0.717, 1.165) is 5.69 Å². The molecule has 1 aromatic carbocycles. The van der Waals surface area contributed by atoms with E-state index in [4.69, 9.17) is 4.74 Å². The molecular formula is C15H17IN2O. The first-order valence-corrected chi connectivity index (χ1v) is 7.38. The van der Waals surface area contributed by atoms with Gasteiger partial charge in [0.05, 0.1) is 12.3 Å². The average molecular weight is 368 g/mol. The number of rotatable bonds is 5. The Morgan fingerprint density at radius 2 is 2.00 bits per heavy atom. The van der Waals surface area contributed by atoms with Crippen molar-refractivity contribution in [2.24, 2.45) is 0 Å². The molecule has 1 unspecified atom stereocenters. The molecular weight excluding hydrogens is 351 g/mol. The number of hydrogen-bond acceptors (Lipinski definition) is 3. The van der Waals surface area contributed by atoms with Crippen LogP contribution in [0.1, 0.15) is 25.5 Å². The van der Waals surface area contributed by atoms with Crippen molar-refractivity contribution in [2.45, 2.75) is 19.9 Å². The van der Waals surface area contributed by atoms with Crippen LogP contribution >= 0.6 is 22.6 Å². The Bertz CT molecular complexity index is 528. The summed E-state index contributed by atoms with van der Waals surface area (Å²) in [6.07, 6.45) is 1.74. The molecule has 0 bridgehead atoms. The molecule has 4 heteroatoms. The number of hydrogen-bond donors (Lipinski definition) is 1. The maximum atomic E-state index is 5.52. The summed E-state index contributed by atoms with van der Waals surface area (Å²) in [5.41, 5.74) is 2.17. The first-order chi connectivity index (χ1) is 9.20. The molecule has 0 aliphatic heterocycles. The molecule has 0 fully saturated rings. The largest absolute Gasteiger partial charge is 0.476 e. The number of aromatic nitrogens is 1. The van der Waals surface area contributed by atoms with Gasteiger partial charge in [0.1, 0.15) is 0 Å². The van der Waals surface area contributed by atoms with Gasteiger partial charge in [-0.1, -0.05) is 12.1 Å². The topological polar surface area (TPSA) is 34.1 Å². The van der Waals surface area contributed by atoms with Crippen LogP contribution in [-0.4, -0.2) is 11.6 Å². The van der Waals surface area contributed by atoms with Crippen LogP contribution in [0.15, 0.2) is 42.6 Å². The molecule has 0 amide bonds. The summed E-state index contributed by atoms with van der Waals surface area (Å²) >= 11 is 2.31. The minimum Gasteiger partial charge on any atom is -0.476 e. The van der Waals surface area contributed by atoms with Crippen molar-refractivity contribution in [3.63, 3.8) is 0 Å². The van der Waals surface area contributed by atoms with E-state index in [1.165, 1.54) is 9.13 Å². The van der Waals surface area contributed by atoms with Crippen LogP contribution in [0.2, 0.25) is 0 Å². The van der Waals surface area contributed by atoms with Gasteiger partial charge in [0, 0.05) is 15.8 Å². The van der Waals surface area contributed by atoms with Gasteiger partial charge < -0.3 is 10.1 Å². The van der Waals surface area contributed by atoms with Gasteiger partial charge in [-0.15, -0.1) is 0 Å². The van der Waals surface area contributed by atoms with E-state index in [-0.39, 0.29) is 6.04 Å². The number of benzene rings is 1. The van der Waals surface area contributed by atoms with E-state index in [0.29, 0.717) is 12.5 Å². The standard InChI is InChI=1S/C15H17IN2O/c1-3-19-15-14(5-4-10-17-15)18-11(2)12-6-8-13(16)9-7-12/h4-11,18H,3H2,1-2H3. The fourth-order valence-electron chi connectivity index (χ4n) is 1.82. The number of nitrogens with zero attached hydrogens (tertiary/aromatic N) is 1. The van der Waals surface area contributed by atoms with Gasteiger partial charge in [0.2, 0.25) is 5.88 Å². The third-order valence-electron chi connectivity index (χ3n) is 2.79. The Balaban J connectivity index is 2.14. The van der Waals surface area contributed by atoms with Crippen molar-refractivity contribution in [1.29, 1.82) is 0 Å². The molecule has 0 aliphatic rings. The van der Waals surface area contributed by atoms with Gasteiger partial charge in [-0.2, -0.15) is 0 Å². The lowest BCUT2D eigenvalue weighted by molar-refractivity contribution is 0.328. The first-order valence-electron chi connectivity index (χ1n) is 6.30. The molecule has 0 radical (unpaired) electrons. The van der Waals surface area contributed by atoms with Crippen LogP contribution in [0, 0.1) is 3.57 Å². The van der Waals surface area contributed by atoms with Gasteiger partial charge >= 0.3 is 0 Å². The van der Waals surface area contributed by atoms with Crippen LogP contribution in [0.3, 0.4) is 0 Å². The van der Waals surface area contributed by atoms with Crippen molar-refractivity contribution in [3.05, 3.63) is 51.7 Å². The van der Waals surface area contributed by atoms with E-state index < -0.39 is 0 Å². The first kappa shape index (κ1) is 14.1. The molecule has 2 rings (SSSR count). The predicted molar refractivity (Wildman–Crippen MR) is 86.6 cm³/mol. The highest BCUT2D eigenvalue weighted by Crippen LogP contribution is 2.26. The smallest absolute Gasteiger partial charge is 0.237 e. The molecule has 1 N–H and O–H groups in total. The molecule has 1 aromatic heterocycles. The number of anilines is 1. The summed E-state index contributed by atoms with van der Waals surface area (Å²) in [7, 11) is 0. The van der Waals surface area contributed by atoms with E-state index >= 15 is 0 Å². The maximum Gasteiger partial charge on any atom is 0.237 e. The average Bonchev–Trinajstić information content (AvgIpc) is 2.42. The Kier molecular flexibility index (Phi) is 5.01. The Morgan fingerprint density at radius 1 is 1.26 bits per heavy atom. The fourth-order valence-corrected chi connectivity index (χ4v) is 2.18. The van der Waals surface area contributed by atoms with E-state index in [1.54, 1.807) is 6.20 Å². The SMILES string of the molecule is CCOc1ncccc1NC(C)c1ccc(I)cc1. The summed E-state index contributed by atoms with van der Waals surface area (Å²) in [6.45, 7) is 4.70. The molecule has 0 saturated carbocycles. The van der Waals surface area contributed by atoms with E-state index in [9.17, 15) is 0 Å². The van der Waals surface area contributed by atoms with Crippen molar-refractivity contribution in [2.75, 3.05) is 11.9 Å². The Labute approximate surface area is 127 Å². The zero-order chi connectivity index (χ0) is 13.7. The lowest BCUT2D eigenvalue weighted by Crippen LogP contribution is -2.08. The van der Waals surface area contributed by atoms with Crippen LogP contribution in [0.5, 0.6) is 5.88 Å². The number of halogens is 1. The van der Waals surface area contributed by atoms with Crippen LogP contribution in [0.25, 0.3) is 0 Å². The normalized spacial score (nSPS) is 11.9. The summed E-state index contributed by atoms with van der Waals surface area (Å²) in [5, 5.41) is 3.44. The summed E-state index contributed by atoms with van der Waals surface area (Å²) in [6, 6.07) is 12.6. The predicted octanol–water partition coefficient (Wildman–Crippen LogP) is 4.26. The van der Waals surface area contributed by atoms with Gasteiger partial charge in [0.15, 0.2) is 0 Å². The molecule has 3 nitrogen and oxygen atoms in total. The molecule has 19 heavy (non-hydrogen) atoms. The second-order valence-electron chi connectivity index (χ2n) is 4.21. The summed E-state index contributed by atoms with van der Waals surface area (Å²) < 4.78 is 6.76. The van der Waals surface area contributed by atoms with Gasteiger partial charge in [-0.05, 0) is 66.3 Å². The molecule has 0 aliphatic carbocycles. The highest BCUT2D eigenvalue weighted by atomic mass is 127. The lowest BCUT2D eigenvalue weighted by atomic mass is 10.1. The van der Waals surface area contributed by atoms with E-state index in [1.807, 2.05) is 19.1 Å². The molecule has 0 saturated heterocycles. The third kappa shape index (κ3) is 3.83. The molecule has 2 aromatic rings. The van der Waals surface area contributed by atoms with Gasteiger partial charge in [-0.25, -0.2) is 4.98 Å².